The van der Waals surface area contributed by atoms with Gasteiger partial charge in [0.1, 0.15) is 5.52 Å². The number of fused-ring (bicyclic) bond motifs is 1. The third-order valence-corrected chi connectivity index (χ3v) is 6.26. The van der Waals surface area contributed by atoms with Crippen LogP contribution in [0.3, 0.4) is 0 Å². The Hall–Kier alpha value is -3.51. The molecule has 1 aromatic heterocycles. The molecule has 0 unspecified atom stereocenters. The van der Waals surface area contributed by atoms with E-state index in [0.29, 0.717) is 18.7 Å². The number of hydrogen-bond acceptors (Lipinski definition) is 4. The predicted octanol–water partition coefficient (Wildman–Crippen LogP) is 4.00. The molecule has 0 spiro atoms. The second-order valence-electron chi connectivity index (χ2n) is 8.16. The molecule has 0 bridgehead atoms. The van der Waals surface area contributed by atoms with E-state index in [9.17, 15) is 4.79 Å². The molecule has 1 aliphatic heterocycles. The molecule has 5 rings (SSSR count). The molecule has 2 heterocycles. The molecule has 0 N–H and O–H groups in total. The van der Waals surface area contributed by atoms with Gasteiger partial charge in [0.25, 0.3) is 5.91 Å². The first-order chi connectivity index (χ1) is 15.7. The third kappa shape index (κ3) is 3.89. The van der Waals surface area contributed by atoms with Crippen LogP contribution in [0.25, 0.3) is 11.0 Å². The molecule has 0 saturated carbocycles. The topological polar surface area (TPSA) is 54.3 Å². The number of piperazine rings is 1. The number of rotatable bonds is 5. The molecule has 1 amide bonds. The number of carbonyl (C=O) groups is 1. The lowest BCUT2D eigenvalue weighted by molar-refractivity contribution is 0.0597. The van der Waals surface area contributed by atoms with Crippen molar-refractivity contribution in [2.75, 3.05) is 26.2 Å². The summed E-state index contributed by atoms with van der Waals surface area (Å²) in [4.78, 5) is 17.6. The van der Waals surface area contributed by atoms with E-state index in [4.69, 9.17) is 0 Å². The van der Waals surface area contributed by atoms with Crippen molar-refractivity contribution in [1.29, 1.82) is 0 Å². The molecule has 4 aromatic rings. The number of amides is 1. The Morgan fingerprint density at radius 1 is 0.875 bits per heavy atom. The lowest BCUT2D eigenvalue weighted by atomic mass is 9.96. The zero-order valence-electron chi connectivity index (χ0n) is 18.3. The fourth-order valence-corrected chi connectivity index (χ4v) is 4.59. The van der Waals surface area contributed by atoms with Crippen LogP contribution < -0.4 is 0 Å². The molecule has 32 heavy (non-hydrogen) atoms. The molecule has 1 aliphatic rings. The van der Waals surface area contributed by atoms with Crippen LogP contribution in [0.5, 0.6) is 0 Å². The van der Waals surface area contributed by atoms with Crippen molar-refractivity contribution in [3.63, 3.8) is 0 Å². The van der Waals surface area contributed by atoms with Crippen LogP contribution in [-0.2, 0) is 6.54 Å². The third-order valence-electron chi connectivity index (χ3n) is 6.26. The summed E-state index contributed by atoms with van der Waals surface area (Å²) in [7, 11) is 0. The molecule has 3 aromatic carbocycles. The minimum atomic E-state index is 0.0635. The molecule has 1 fully saturated rings. The maximum absolute atomic E-state index is 13.2. The van der Waals surface area contributed by atoms with Crippen LogP contribution in [0.4, 0.5) is 0 Å². The molecular weight excluding hydrogens is 398 g/mol. The Kier molecular flexibility index (Phi) is 5.69. The highest BCUT2D eigenvalue weighted by molar-refractivity contribution is 5.97. The predicted molar refractivity (Wildman–Crippen MR) is 125 cm³/mol. The van der Waals surface area contributed by atoms with Gasteiger partial charge in [-0.3, -0.25) is 9.69 Å². The molecule has 0 radical (unpaired) electrons. The van der Waals surface area contributed by atoms with Crippen LogP contribution in [-0.4, -0.2) is 56.9 Å². The standard InChI is InChI=1S/C26H27N5O/c1-2-31-24-14-13-22(19-23(24)27-28-31)26(32)30-17-15-29(16-18-30)25(20-9-5-3-6-10-20)21-11-7-4-8-12-21/h3-14,19,25H,2,15-18H2,1H3. The summed E-state index contributed by atoms with van der Waals surface area (Å²) in [6.45, 7) is 5.85. The van der Waals surface area contributed by atoms with E-state index < -0.39 is 0 Å². The summed E-state index contributed by atoms with van der Waals surface area (Å²) in [5.41, 5.74) is 4.97. The van der Waals surface area contributed by atoms with Gasteiger partial charge in [-0.1, -0.05) is 65.9 Å². The van der Waals surface area contributed by atoms with E-state index in [0.717, 1.165) is 30.7 Å². The highest BCUT2D eigenvalue weighted by atomic mass is 16.2. The SMILES string of the molecule is CCn1nnc2cc(C(=O)N3CCN(C(c4ccccc4)c4ccccc4)CC3)ccc21. The van der Waals surface area contributed by atoms with Crippen molar-refractivity contribution in [2.45, 2.75) is 19.5 Å². The Bertz CT molecular complexity index is 1160. The maximum atomic E-state index is 13.2. The van der Waals surface area contributed by atoms with Crippen molar-refractivity contribution < 1.29 is 4.79 Å². The van der Waals surface area contributed by atoms with Gasteiger partial charge in [-0.2, -0.15) is 0 Å². The number of carbonyl (C=O) groups excluding carboxylic acids is 1. The van der Waals surface area contributed by atoms with Crippen LogP contribution in [0, 0.1) is 0 Å². The van der Waals surface area contributed by atoms with Gasteiger partial charge in [0, 0.05) is 38.3 Å². The summed E-state index contributed by atoms with van der Waals surface area (Å²) in [5, 5.41) is 8.36. The molecule has 6 nitrogen and oxygen atoms in total. The Morgan fingerprint density at radius 2 is 1.50 bits per heavy atom. The monoisotopic (exact) mass is 425 g/mol. The summed E-state index contributed by atoms with van der Waals surface area (Å²) in [6, 6.07) is 27.1. The number of aromatic nitrogens is 3. The molecule has 0 aliphatic carbocycles. The van der Waals surface area contributed by atoms with Gasteiger partial charge < -0.3 is 4.90 Å². The van der Waals surface area contributed by atoms with Gasteiger partial charge in [0.05, 0.1) is 11.6 Å². The van der Waals surface area contributed by atoms with Gasteiger partial charge in [0.2, 0.25) is 0 Å². The zero-order chi connectivity index (χ0) is 21.9. The first kappa shape index (κ1) is 20.4. The highest BCUT2D eigenvalue weighted by Crippen LogP contribution is 2.29. The van der Waals surface area contributed by atoms with E-state index in [2.05, 4.69) is 75.9 Å². The minimum Gasteiger partial charge on any atom is -0.336 e. The number of benzene rings is 3. The summed E-state index contributed by atoms with van der Waals surface area (Å²) in [6.07, 6.45) is 0. The van der Waals surface area contributed by atoms with Crippen molar-refractivity contribution in [1.82, 2.24) is 24.8 Å². The average Bonchev–Trinajstić information content (AvgIpc) is 3.28. The maximum Gasteiger partial charge on any atom is 0.254 e. The molecule has 1 saturated heterocycles. The summed E-state index contributed by atoms with van der Waals surface area (Å²) < 4.78 is 1.84. The van der Waals surface area contributed by atoms with Crippen molar-refractivity contribution in [3.8, 4) is 0 Å². The smallest absolute Gasteiger partial charge is 0.254 e. The Morgan fingerprint density at radius 3 is 2.09 bits per heavy atom. The van der Waals surface area contributed by atoms with Crippen LogP contribution in [0.2, 0.25) is 0 Å². The van der Waals surface area contributed by atoms with Gasteiger partial charge in [-0.05, 0) is 36.2 Å². The van der Waals surface area contributed by atoms with E-state index in [1.165, 1.54) is 11.1 Å². The second kappa shape index (κ2) is 8.93. The quantitative estimate of drug-likeness (QED) is 0.485. The van der Waals surface area contributed by atoms with Crippen molar-refractivity contribution in [2.24, 2.45) is 0 Å². The van der Waals surface area contributed by atoms with Crippen LogP contribution >= 0.6 is 0 Å². The minimum absolute atomic E-state index is 0.0635. The fourth-order valence-electron chi connectivity index (χ4n) is 4.59. The zero-order valence-corrected chi connectivity index (χ0v) is 18.3. The van der Waals surface area contributed by atoms with Gasteiger partial charge in [-0.25, -0.2) is 4.68 Å². The van der Waals surface area contributed by atoms with Crippen LogP contribution in [0.15, 0.2) is 78.9 Å². The van der Waals surface area contributed by atoms with Crippen molar-refractivity contribution >= 4 is 16.9 Å². The van der Waals surface area contributed by atoms with Gasteiger partial charge in [-0.15, -0.1) is 5.10 Å². The molecular formula is C26H27N5O. The molecule has 0 atom stereocenters. The van der Waals surface area contributed by atoms with E-state index in [-0.39, 0.29) is 11.9 Å². The molecule has 162 valence electrons. The first-order valence-electron chi connectivity index (χ1n) is 11.2. The van der Waals surface area contributed by atoms with Gasteiger partial charge in [0.15, 0.2) is 0 Å². The van der Waals surface area contributed by atoms with E-state index in [1.807, 2.05) is 34.7 Å². The second-order valence-corrected chi connectivity index (χ2v) is 8.16. The normalized spacial score (nSPS) is 14.9. The lowest BCUT2D eigenvalue weighted by Gasteiger charge is -2.39. The average molecular weight is 426 g/mol. The van der Waals surface area contributed by atoms with E-state index >= 15 is 0 Å². The Balaban J connectivity index is 1.33. The largest absolute Gasteiger partial charge is 0.336 e. The van der Waals surface area contributed by atoms with Crippen molar-refractivity contribution in [3.05, 3.63) is 95.6 Å². The lowest BCUT2D eigenvalue weighted by Crippen LogP contribution is -2.49. The summed E-state index contributed by atoms with van der Waals surface area (Å²) in [5.74, 6) is 0.0635. The number of aryl methyl sites for hydroxylation is 1. The Labute approximate surface area is 188 Å². The van der Waals surface area contributed by atoms with Gasteiger partial charge >= 0.3 is 0 Å². The summed E-state index contributed by atoms with van der Waals surface area (Å²) >= 11 is 0. The highest BCUT2D eigenvalue weighted by Gasteiger charge is 2.28. The number of hydrogen-bond donors (Lipinski definition) is 0. The number of nitrogens with zero attached hydrogens (tertiary/aromatic N) is 5. The first-order valence-corrected chi connectivity index (χ1v) is 11.2. The molecule has 6 heteroatoms. The van der Waals surface area contributed by atoms with E-state index in [1.54, 1.807) is 0 Å². The fraction of sp³-hybridized carbons (Fsp3) is 0.269. The van der Waals surface area contributed by atoms with Crippen LogP contribution in [0.1, 0.15) is 34.5 Å².